The van der Waals surface area contributed by atoms with Gasteiger partial charge in [0.2, 0.25) is 5.91 Å². The highest BCUT2D eigenvalue weighted by Crippen LogP contribution is 2.30. The van der Waals surface area contributed by atoms with Gasteiger partial charge in [-0.05, 0) is 30.9 Å². The van der Waals surface area contributed by atoms with Gasteiger partial charge in [-0.25, -0.2) is 15.0 Å². The average molecular weight is 275 g/mol. The summed E-state index contributed by atoms with van der Waals surface area (Å²) in [7, 11) is 0. The highest BCUT2D eigenvalue weighted by molar-refractivity contribution is 5.75. The number of hydrogen-bond donors (Lipinski definition) is 2. The van der Waals surface area contributed by atoms with Crippen LogP contribution in [-0.4, -0.2) is 38.8 Å². The van der Waals surface area contributed by atoms with Crippen LogP contribution in [-0.2, 0) is 4.79 Å². The van der Waals surface area contributed by atoms with Crippen molar-refractivity contribution in [1.82, 2.24) is 20.1 Å². The molecule has 7 heteroatoms. The van der Waals surface area contributed by atoms with Gasteiger partial charge in [-0.1, -0.05) is 0 Å². The molecule has 0 bridgehead atoms. The van der Waals surface area contributed by atoms with Gasteiger partial charge in [0.25, 0.3) is 0 Å². The van der Waals surface area contributed by atoms with E-state index in [1.165, 1.54) is 0 Å². The fraction of sp³-hybridized carbons (Fsp3) is 0.462. The molecule has 1 aliphatic heterocycles. The van der Waals surface area contributed by atoms with E-state index in [0.717, 1.165) is 36.4 Å². The fourth-order valence-electron chi connectivity index (χ4n) is 2.64. The van der Waals surface area contributed by atoms with Crippen molar-refractivity contribution in [1.29, 1.82) is 0 Å². The van der Waals surface area contributed by atoms with E-state index < -0.39 is 0 Å². The van der Waals surface area contributed by atoms with Crippen molar-refractivity contribution < 1.29 is 10.0 Å². The molecule has 1 saturated heterocycles. The number of hydroxylamine groups is 1. The van der Waals surface area contributed by atoms with Gasteiger partial charge in [0.05, 0.1) is 0 Å². The van der Waals surface area contributed by atoms with Crippen LogP contribution in [0.1, 0.15) is 18.4 Å². The van der Waals surface area contributed by atoms with E-state index >= 15 is 0 Å². The summed E-state index contributed by atoms with van der Waals surface area (Å²) in [6, 6.07) is 2.02. The lowest BCUT2D eigenvalue weighted by molar-refractivity contribution is -0.129. The highest BCUT2D eigenvalue weighted by atomic mass is 16.5. The van der Waals surface area contributed by atoms with E-state index in [-0.39, 0.29) is 5.91 Å². The van der Waals surface area contributed by atoms with Gasteiger partial charge in [-0.3, -0.25) is 10.0 Å². The molecule has 3 rings (SSSR count). The molecule has 2 N–H and O–H groups in total. The quantitative estimate of drug-likeness (QED) is 0.636. The molecule has 0 radical (unpaired) electrons. The van der Waals surface area contributed by atoms with E-state index in [2.05, 4.69) is 15.0 Å². The van der Waals surface area contributed by atoms with Crippen LogP contribution >= 0.6 is 0 Å². The number of carbonyl (C=O) groups excluding carboxylic acids is 1. The number of amides is 1. The van der Waals surface area contributed by atoms with Crippen molar-refractivity contribution in [2.45, 2.75) is 19.8 Å². The van der Waals surface area contributed by atoms with E-state index in [4.69, 9.17) is 5.21 Å². The topological polar surface area (TPSA) is 82.8 Å². The molecule has 2 aromatic heterocycles. The fourth-order valence-corrected chi connectivity index (χ4v) is 2.64. The van der Waals surface area contributed by atoms with Crippen LogP contribution < -0.4 is 10.4 Å². The average Bonchev–Trinajstić information content (AvgIpc) is 2.79. The molecule has 0 aromatic carbocycles. The maximum absolute atomic E-state index is 11.0. The lowest BCUT2D eigenvalue weighted by atomic mass is 9.94. The summed E-state index contributed by atoms with van der Waals surface area (Å²) in [5.41, 5.74) is 3.86. The molecule has 1 fully saturated rings. The third-order valence-electron chi connectivity index (χ3n) is 3.80. The van der Waals surface area contributed by atoms with Gasteiger partial charge in [0.1, 0.15) is 11.8 Å². The first-order valence-electron chi connectivity index (χ1n) is 6.66. The Bertz CT molecular complexity index is 633. The predicted octanol–water partition coefficient (Wildman–Crippen LogP) is 0.760. The van der Waals surface area contributed by atoms with Gasteiger partial charge >= 0.3 is 0 Å². The second-order valence-electron chi connectivity index (χ2n) is 5.22. The van der Waals surface area contributed by atoms with Crippen molar-refractivity contribution in [3.63, 3.8) is 0 Å². The third-order valence-corrected chi connectivity index (χ3v) is 3.80. The van der Waals surface area contributed by atoms with Crippen LogP contribution in [0.2, 0.25) is 0 Å². The Labute approximate surface area is 116 Å². The Morgan fingerprint density at radius 1 is 1.55 bits per heavy atom. The van der Waals surface area contributed by atoms with Crippen molar-refractivity contribution in [2.24, 2.45) is 5.92 Å². The molecule has 0 spiro atoms. The summed E-state index contributed by atoms with van der Waals surface area (Å²) < 4.78 is 1.84. The normalized spacial score (nSPS) is 15.4. The minimum absolute atomic E-state index is 0.324. The molecular weight excluding hydrogens is 258 g/mol. The van der Waals surface area contributed by atoms with E-state index in [1.54, 1.807) is 11.8 Å². The Morgan fingerprint density at radius 2 is 2.35 bits per heavy atom. The standard InChI is InChI=1S/C13H17N5O2/c1-9-4-5-18-12(9)13(14-8-15-18)17-6-10(7-17)2-3-11(19)16-20/h4-5,8,10,20H,2-3,6-7H2,1H3,(H,16,19). The van der Waals surface area contributed by atoms with Crippen molar-refractivity contribution in [2.75, 3.05) is 18.0 Å². The van der Waals surface area contributed by atoms with Gasteiger partial charge in [-0.15, -0.1) is 0 Å². The number of rotatable bonds is 4. The van der Waals surface area contributed by atoms with Crippen LogP contribution in [0.4, 0.5) is 5.82 Å². The zero-order valence-electron chi connectivity index (χ0n) is 11.3. The lowest BCUT2D eigenvalue weighted by Crippen LogP contribution is -2.47. The Morgan fingerprint density at radius 3 is 3.10 bits per heavy atom. The number of nitrogens with one attached hydrogen (secondary N) is 1. The number of fused-ring (bicyclic) bond motifs is 1. The van der Waals surface area contributed by atoms with Crippen LogP contribution in [0.15, 0.2) is 18.6 Å². The number of hydrogen-bond acceptors (Lipinski definition) is 5. The predicted molar refractivity (Wildman–Crippen MR) is 72.6 cm³/mol. The molecule has 0 atom stereocenters. The van der Waals surface area contributed by atoms with Crippen LogP contribution in [0, 0.1) is 12.8 Å². The zero-order chi connectivity index (χ0) is 14.1. The van der Waals surface area contributed by atoms with Crippen molar-refractivity contribution in [3.8, 4) is 0 Å². The van der Waals surface area contributed by atoms with Gasteiger partial charge in [0, 0.05) is 25.7 Å². The first-order chi connectivity index (χ1) is 9.69. The molecule has 20 heavy (non-hydrogen) atoms. The minimum Gasteiger partial charge on any atom is -0.354 e. The first kappa shape index (κ1) is 12.9. The summed E-state index contributed by atoms with van der Waals surface area (Å²) in [5.74, 6) is 1.10. The Hall–Kier alpha value is -2.15. The van der Waals surface area contributed by atoms with Crippen molar-refractivity contribution >= 4 is 17.2 Å². The third kappa shape index (κ3) is 2.20. The molecule has 0 unspecified atom stereocenters. The Kier molecular flexibility index (Phi) is 3.27. The number of aryl methyl sites for hydroxylation is 1. The molecule has 106 valence electrons. The zero-order valence-corrected chi connectivity index (χ0v) is 11.3. The largest absolute Gasteiger partial charge is 0.354 e. The molecule has 7 nitrogen and oxygen atoms in total. The molecule has 1 aliphatic rings. The SMILES string of the molecule is Cc1ccn2ncnc(N3CC(CCC(=O)NO)C3)c12. The Balaban J connectivity index is 1.67. The summed E-state index contributed by atoms with van der Waals surface area (Å²) in [6.07, 6.45) is 4.63. The number of carbonyl (C=O) groups is 1. The molecule has 3 heterocycles. The monoisotopic (exact) mass is 275 g/mol. The summed E-state index contributed by atoms with van der Waals surface area (Å²) in [5, 5.41) is 12.7. The molecule has 1 amide bonds. The number of aromatic nitrogens is 3. The van der Waals surface area contributed by atoms with Crippen LogP contribution in [0.5, 0.6) is 0 Å². The van der Waals surface area contributed by atoms with E-state index in [0.29, 0.717) is 12.3 Å². The molecular formula is C13H17N5O2. The summed E-state index contributed by atoms with van der Waals surface area (Å²) >= 11 is 0. The summed E-state index contributed by atoms with van der Waals surface area (Å²) in [6.45, 7) is 3.82. The maximum atomic E-state index is 11.0. The van der Waals surface area contributed by atoms with Gasteiger partial charge in [0.15, 0.2) is 5.82 Å². The minimum atomic E-state index is -0.324. The second kappa shape index (κ2) is 5.09. The molecule has 0 saturated carbocycles. The highest BCUT2D eigenvalue weighted by Gasteiger charge is 2.29. The smallest absolute Gasteiger partial charge is 0.243 e. The summed E-state index contributed by atoms with van der Waals surface area (Å²) in [4.78, 5) is 17.6. The van der Waals surface area contributed by atoms with Gasteiger partial charge in [-0.2, -0.15) is 5.10 Å². The van der Waals surface area contributed by atoms with E-state index in [1.807, 2.05) is 23.7 Å². The van der Waals surface area contributed by atoms with Gasteiger partial charge < -0.3 is 4.90 Å². The van der Waals surface area contributed by atoms with Crippen LogP contribution in [0.3, 0.4) is 0 Å². The van der Waals surface area contributed by atoms with Crippen molar-refractivity contribution in [3.05, 3.63) is 24.2 Å². The second-order valence-corrected chi connectivity index (χ2v) is 5.22. The lowest BCUT2D eigenvalue weighted by Gasteiger charge is -2.40. The first-order valence-corrected chi connectivity index (χ1v) is 6.66. The van der Waals surface area contributed by atoms with Crippen LogP contribution in [0.25, 0.3) is 5.52 Å². The molecule has 2 aromatic rings. The number of nitrogens with zero attached hydrogens (tertiary/aromatic N) is 4. The van der Waals surface area contributed by atoms with E-state index in [9.17, 15) is 4.79 Å². The maximum Gasteiger partial charge on any atom is 0.243 e. The number of anilines is 1. The molecule has 0 aliphatic carbocycles.